The first-order valence-electron chi connectivity index (χ1n) is 7.28. The number of piperazine rings is 1. The van der Waals surface area contributed by atoms with Crippen molar-refractivity contribution in [3.63, 3.8) is 0 Å². The molecule has 1 amide bonds. The Kier molecular flexibility index (Phi) is 5.22. The number of nitrogens with two attached hydrogens (primary N) is 1. The van der Waals surface area contributed by atoms with Crippen molar-refractivity contribution in [2.24, 2.45) is 0 Å². The summed E-state index contributed by atoms with van der Waals surface area (Å²) in [4.78, 5) is 16.2. The van der Waals surface area contributed by atoms with Crippen LogP contribution < -0.4 is 10.5 Å². The van der Waals surface area contributed by atoms with Gasteiger partial charge in [0.1, 0.15) is 5.75 Å². The summed E-state index contributed by atoms with van der Waals surface area (Å²) in [5, 5.41) is 0. The molecule has 0 radical (unpaired) electrons. The number of amides is 1. The molecule has 0 aliphatic carbocycles. The summed E-state index contributed by atoms with van der Waals surface area (Å²) < 4.78 is 5.39. The molecule has 0 unspecified atom stereocenters. The Bertz CT molecular complexity index is 520. The van der Waals surface area contributed by atoms with E-state index in [1.807, 2.05) is 30.0 Å². The van der Waals surface area contributed by atoms with Gasteiger partial charge in [-0.15, -0.1) is 0 Å². The van der Waals surface area contributed by atoms with Crippen molar-refractivity contribution in [2.45, 2.75) is 6.92 Å². The number of nitrogen functional groups attached to an aromatic ring is 1. The Morgan fingerprint density at radius 3 is 2.67 bits per heavy atom. The molecule has 1 aliphatic heterocycles. The van der Waals surface area contributed by atoms with Crippen molar-refractivity contribution < 1.29 is 9.53 Å². The second-order valence-corrected chi connectivity index (χ2v) is 5.19. The van der Waals surface area contributed by atoms with E-state index in [-0.39, 0.29) is 5.91 Å². The fourth-order valence-electron chi connectivity index (χ4n) is 2.26. The molecule has 0 aromatic heterocycles. The third-order valence-corrected chi connectivity index (χ3v) is 3.57. The highest BCUT2D eigenvalue weighted by molar-refractivity contribution is 5.92. The quantitative estimate of drug-likeness (QED) is 0.673. The van der Waals surface area contributed by atoms with Gasteiger partial charge < -0.3 is 20.3 Å². The molecule has 5 nitrogen and oxygen atoms in total. The zero-order valence-corrected chi connectivity index (χ0v) is 12.7. The smallest absolute Gasteiger partial charge is 0.246 e. The van der Waals surface area contributed by atoms with E-state index in [9.17, 15) is 4.79 Å². The normalized spacial score (nSPS) is 16.4. The summed E-state index contributed by atoms with van der Waals surface area (Å²) >= 11 is 0. The maximum absolute atomic E-state index is 12.1. The summed E-state index contributed by atoms with van der Waals surface area (Å²) in [5.74, 6) is 0.732. The van der Waals surface area contributed by atoms with E-state index >= 15 is 0 Å². The highest BCUT2D eigenvalue weighted by Gasteiger charge is 2.16. The maximum atomic E-state index is 12.1. The van der Waals surface area contributed by atoms with Crippen LogP contribution >= 0.6 is 0 Å². The molecule has 0 spiro atoms. The summed E-state index contributed by atoms with van der Waals surface area (Å²) in [6.45, 7) is 5.92. The SMILES string of the molecule is CCOc1ccc(/C=C\C(=O)N2CCN(C)CC2)cc1N. The van der Waals surface area contributed by atoms with Crippen LogP contribution in [0.4, 0.5) is 5.69 Å². The highest BCUT2D eigenvalue weighted by Crippen LogP contribution is 2.23. The molecule has 1 aliphatic rings. The Morgan fingerprint density at radius 2 is 2.05 bits per heavy atom. The lowest BCUT2D eigenvalue weighted by atomic mass is 10.1. The maximum Gasteiger partial charge on any atom is 0.246 e. The average molecular weight is 289 g/mol. The first kappa shape index (κ1) is 15.4. The number of benzene rings is 1. The van der Waals surface area contributed by atoms with E-state index in [4.69, 9.17) is 10.5 Å². The van der Waals surface area contributed by atoms with Gasteiger partial charge in [-0.2, -0.15) is 0 Å². The van der Waals surface area contributed by atoms with Crippen molar-refractivity contribution in [3.8, 4) is 5.75 Å². The fourth-order valence-corrected chi connectivity index (χ4v) is 2.26. The summed E-state index contributed by atoms with van der Waals surface area (Å²) in [6.07, 6.45) is 3.41. The van der Waals surface area contributed by atoms with Crippen molar-refractivity contribution in [3.05, 3.63) is 29.8 Å². The van der Waals surface area contributed by atoms with Crippen LogP contribution in [0.3, 0.4) is 0 Å². The molecular weight excluding hydrogens is 266 g/mol. The molecule has 2 N–H and O–H groups in total. The van der Waals surface area contributed by atoms with Crippen molar-refractivity contribution >= 4 is 17.7 Å². The van der Waals surface area contributed by atoms with Crippen LogP contribution in [0.2, 0.25) is 0 Å². The number of ether oxygens (including phenoxy) is 1. The number of carbonyl (C=O) groups is 1. The Morgan fingerprint density at radius 1 is 1.33 bits per heavy atom. The second kappa shape index (κ2) is 7.13. The number of nitrogens with zero attached hydrogens (tertiary/aromatic N) is 2. The van der Waals surface area contributed by atoms with Crippen LogP contribution in [0.1, 0.15) is 12.5 Å². The molecule has 1 fully saturated rings. The summed E-state index contributed by atoms with van der Waals surface area (Å²) in [7, 11) is 2.07. The van der Waals surface area contributed by atoms with Crippen LogP contribution in [-0.4, -0.2) is 55.5 Å². The number of rotatable bonds is 4. The van der Waals surface area contributed by atoms with E-state index in [1.165, 1.54) is 0 Å². The van der Waals surface area contributed by atoms with E-state index in [1.54, 1.807) is 12.2 Å². The summed E-state index contributed by atoms with van der Waals surface area (Å²) in [5.41, 5.74) is 7.40. The predicted molar refractivity (Wildman–Crippen MR) is 85.1 cm³/mol. The molecule has 1 aromatic rings. The van der Waals surface area contributed by atoms with Gasteiger partial charge in [-0.1, -0.05) is 6.07 Å². The summed E-state index contributed by atoms with van der Waals surface area (Å²) in [6, 6.07) is 5.55. The van der Waals surface area contributed by atoms with E-state index < -0.39 is 0 Å². The molecule has 0 atom stereocenters. The van der Waals surface area contributed by atoms with Crippen LogP contribution in [0.15, 0.2) is 24.3 Å². The average Bonchev–Trinajstić information content (AvgIpc) is 2.48. The van der Waals surface area contributed by atoms with Gasteiger partial charge in [-0.05, 0) is 37.7 Å². The Labute approximate surface area is 126 Å². The van der Waals surface area contributed by atoms with E-state index in [0.717, 1.165) is 31.7 Å². The monoisotopic (exact) mass is 289 g/mol. The van der Waals surface area contributed by atoms with Crippen LogP contribution in [-0.2, 0) is 4.79 Å². The predicted octanol–water partition coefficient (Wildman–Crippen LogP) is 1.45. The van der Waals surface area contributed by atoms with Gasteiger partial charge in [-0.25, -0.2) is 0 Å². The number of hydrogen-bond donors (Lipinski definition) is 1. The molecule has 0 bridgehead atoms. The van der Waals surface area contributed by atoms with Gasteiger partial charge >= 0.3 is 0 Å². The molecule has 1 saturated heterocycles. The molecule has 2 rings (SSSR count). The number of anilines is 1. The molecule has 114 valence electrons. The van der Waals surface area contributed by atoms with Gasteiger partial charge in [0, 0.05) is 32.3 Å². The van der Waals surface area contributed by atoms with E-state index in [0.29, 0.717) is 18.0 Å². The van der Waals surface area contributed by atoms with Crippen molar-refractivity contribution in [1.29, 1.82) is 0 Å². The zero-order chi connectivity index (χ0) is 15.2. The minimum atomic E-state index is 0.0514. The van der Waals surface area contributed by atoms with Gasteiger partial charge in [-0.3, -0.25) is 4.79 Å². The zero-order valence-electron chi connectivity index (χ0n) is 12.7. The van der Waals surface area contributed by atoms with E-state index in [2.05, 4.69) is 11.9 Å². The lowest BCUT2D eigenvalue weighted by Crippen LogP contribution is -2.46. The third-order valence-electron chi connectivity index (χ3n) is 3.57. The molecular formula is C16H23N3O2. The molecule has 1 aromatic carbocycles. The number of likely N-dealkylation sites (N-methyl/N-ethyl adjacent to an activating group) is 1. The van der Waals surface area contributed by atoms with Crippen molar-refractivity contribution in [1.82, 2.24) is 9.80 Å². The van der Waals surface area contributed by atoms with Gasteiger partial charge in [0.25, 0.3) is 0 Å². The topological polar surface area (TPSA) is 58.8 Å². The first-order valence-corrected chi connectivity index (χ1v) is 7.28. The molecule has 1 heterocycles. The van der Waals surface area contributed by atoms with Crippen LogP contribution in [0.25, 0.3) is 6.08 Å². The second-order valence-electron chi connectivity index (χ2n) is 5.19. The number of carbonyl (C=O) groups excluding carboxylic acids is 1. The fraction of sp³-hybridized carbons (Fsp3) is 0.438. The minimum Gasteiger partial charge on any atom is -0.492 e. The van der Waals surface area contributed by atoms with Crippen molar-refractivity contribution in [2.75, 3.05) is 45.6 Å². The standard InChI is InChI=1S/C16H23N3O2/c1-3-21-15-6-4-13(12-14(15)17)5-7-16(20)19-10-8-18(2)9-11-19/h4-7,12H,3,8-11,17H2,1-2H3/b7-5-. The Hall–Kier alpha value is -2.01. The van der Waals surface area contributed by atoms with Crippen LogP contribution in [0.5, 0.6) is 5.75 Å². The van der Waals surface area contributed by atoms with Crippen LogP contribution in [0, 0.1) is 0 Å². The minimum absolute atomic E-state index is 0.0514. The molecule has 5 heteroatoms. The highest BCUT2D eigenvalue weighted by atomic mass is 16.5. The van der Waals surface area contributed by atoms with Gasteiger partial charge in [0.05, 0.1) is 12.3 Å². The first-order chi connectivity index (χ1) is 10.1. The number of hydrogen-bond acceptors (Lipinski definition) is 4. The van der Waals surface area contributed by atoms with Gasteiger partial charge in [0.15, 0.2) is 0 Å². The van der Waals surface area contributed by atoms with Gasteiger partial charge in [0.2, 0.25) is 5.91 Å². The lowest BCUT2D eigenvalue weighted by Gasteiger charge is -2.31. The third kappa shape index (κ3) is 4.23. The Balaban J connectivity index is 1.97. The largest absolute Gasteiger partial charge is 0.492 e. The lowest BCUT2D eigenvalue weighted by molar-refractivity contribution is -0.127. The molecule has 21 heavy (non-hydrogen) atoms. The molecule has 0 saturated carbocycles.